The van der Waals surface area contributed by atoms with E-state index >= 15 is 0 Å². The van der Waals surface area contributed by atoms with E-state index in [1.165, 1.54) is 12.1 Å². The molecule has 0 radical (unpaired) electrons. The summed E-state index contributed by atoms with van der Waals surface area (Å²) in [4.78, 5) is 11.2. The van der Waals surface area contributed by atoms with Crippen LogP contribution in [-0.4, -0.2) is 5.91 Å². The van der Waals surface area contributed by atoms with Crippen molar-refractivity contribution in [3.8, 4) is 0 Å². The Hall–Kier alpha value is -1.77. The zero-order valence-electron chi connectivity index (χ0n) is 9.88. The van der Waals surface area contributed by atoms with Gasteiger partial charge >= 0.3 is 0 Å². The van der Waals surface area contributed by atoms with Crippen molar-refractivity contribution in [2.45, 2.75) is 0 Å². The number of benzene rings is 2. The second kappa shape index (κ2) is 5.70. The van der Waals surface area contributed by atoms with E-state index in [0.717, 1.165) is 6.07 Å². The van der Waals surface area contributed by atoms with E-state index in [1.807, 2.05) is 22.6 Å². The molecule has 3 N–H and O–H groups in total. The summed E-state index contributed by atoms with van der Waals surface area (Å²) < 4.78 is 40.7. The summed E-state index contributed by atoms with van der Waals surface area (Å²) in [6, 6.07) is 5.73. The fourth-order valence-electron chi connectivity index (χ4n) is 1.59. The van der Waals surface area contributed by atoms with Crippen LogP contribution in [-0.2, 0) is 0 Å². The lowest BCUT2D eigenvalue weighted by atomic mass is 10.1. The molecule has 104 valence electrons. The van der Waals surface area contributed by atoms with Crippen molar-refractivity contribution in [1.82, 2.24) is 0 Å². The van der Waals surface area contributed by atoms with Crippen LogP contribution < -0.4 is 11.1 Å². The van der Waals surface area contributed by atoms with Gasteiger partial charge in [0.1, 0.15) is 5.82 Å². The van der Waals surface area contributed by atoms with E-state index in [2.05, 4.69) is 5.32 Å². The second-order valence-electron chi connectivity index (χ2n) is 3.93. The highest BCUT2D eigenvalue weighted by molar-refractivity contribution is 14.1. The molecule has 0 bridgehead atoms. The monoisotopic (exact) mass is 392 g/mol. The van der Waals surface area contributed by atoms with Crippen LogP contribution in [0.4, 0.5) is 24.5 Å². The third-order valence-corrected chi connectivity index (χ3v) is 3.20. The maximum Gasteiger partial charge on any atom is 0.250 e. The molecule has 2 rings (SSSR count). The minimum absolute atomic E-state index is 0.0268. The Balaban J connectivity index is 2.47. The highest BCUT2D eigenvalue weighted by Crippen LogP contribution is 2.26. The van der Waals surface area contributed by atoms with E-state index in [0.29, 0.717) is 9.64 Å². The Morgan fingerprint density at radius 1 is 1.00 bits per heavy atom. The number of hydrogen-bond acceptors (Lipinski definition) is 2. The first-order valence-electron chi connectivity index (χ1n) is 5.39. The normalized spacial score (nSPS) is 10.4. The first-order valence-corrected chi connectivity index (χ1v) is 6.47. The summed E-state index contributed by atoms with van der Waals surface area (Å²) in [7, 11) is 0. The molecule has 20 heavy (non-hydrogen) atoms. The van der Waals surface area contributed by atoms with Crippen LogP contribution in [0.5, 0.6) is 0 Å². The Morgan fingerprint density at radius 3 is 2.25 bits per heavy atom. The van der Waals surface area contributed by atoms with Gasteiger partial charge in [0.25, 0.3) is 5.91 Å². The zero-order valence-corrected chi connectivity index (χ0v) is 12.0. The van der Waals surface area contributed by atoms with Crippen LogP contribution in [0.2, 0.25) is 0 Å². The molecule has 0 spiro atoms. The standard InChI is InChI=1S/C13H8F3IN2O/c14-8-4-7(13(18)20)12(5-9(8)15)19-11-2-1-6(17)3-10(11)16/h1-5,19H,(H2,18,20). The second-order valence-corrected chi connectivity index (χ2v) is 5.17. The minimum atomic E-state index is -1.20. The molecule has 0 aliphatic rings. The number of nitrogens with one attached hydrogen (secondary N) is 1. The van der Waals surface area contributed by atoms with Gasteiger partial charge in [-0.15, -0.1) is 0 Å². The van der Waals surface area contributed by atoms with Crippen molar-refractivity contribution in [1.29, 1.82) is 0 Å². The summed E-state index contributed by atoms with van der Waals surface area (Å²) in [5.41, 5.74) is 4.75. The molecule has 2 aromatic rings. The highest BCUT2D eigenvalue weighted by atomic mass is 127. The predicted molar refractivity (Wildman–Crippen MR) is 77.3 cm³/mol. The molecule has 0 heterocycles. The Labute approximate surface area is 126 Å². The van der Waals surface area contributed by atoms with E-state index in [1.54, 1.807) is 6.07 Å². The lowest BCUT2D eigenvalue weighted by molar-refractivity contribution is 0.100. The Morgan fingerprint density at radius 2 is 1.65 bits per heavy atom. The molecule has 3 nitrogen and oxygen atoms in total. The SMILES string of the molecule is NC(=O)c1cc(F)c(F)cc1Nc1ccc(I)cc1F. The van der Waals surface area contributed by atoms with Crippen molar-refractivity contribution < 1.29 is 18.0 Å². The number of amides is 1. The molecule has 0 fully saturated rings. The number of hydrogen-bond donors (Lipinski definition) is 2. The fourth-order valence-corrected chi connectivity index (χ4v) is 2.04. The van der Waals surface area contributed by atoms with Gasteiger partial charge in [-0.1, -0.05) is 0 Å². The van der Waals surface area contributed by atoms with Gasteiger partial charge in [-0.05, 0) is 46.9 Å². The maximum atomic E-state index is 13.7. The van der Waals surface area contributed by atoms with E-state index in [9.17, 15) is 18.0 Å². The van der Waals surface area contributed by atoms with Gasteiger partial charge in [-0.2, -0.15) is 0 Å². The predicted octanol–water partition coefficient (Wildman–Crippen LogP) is 3.55. The maximum absolute atomic E-state index is 13.7. The quantitative estimate of drug-likeness (QED) is 0.786. The summed E-state index contributed by atoms with van der Waals surface area (Å²) in [6.07, 6.45) is 0. The smallest absolute Gasteiger partial charge is 0.250 e. The van der Waals surface area contributed by atoms with Gasteiger partial charge in [0.2, 0.25) is 0 Å². The van der Waals surface area contributed by atoms with Gasteiger partial charge < -0.3 is 11.1 Å². The molecule has 0 aromatic heterocycles. The Bertz CT molecular complexity index is 692. The largest absolute Gasteiger partial charge is 0.366 e. The summed E-state index contributed by atoms with van der Waals surface area (Å²) in [6.45, 7) is 0. The van der Waals surface area contributed by atoms with Gasteiger partial charge in [0.15, 0.2) is 11.6 Å². The van der Waals surface area contributed by atoms with Gasteiger partial charge in [-0.25, -0.2) is 13.2 Å². The van der Waals surface area contributed by atoms with Crippen molar-refractivity contribution in [2.24, 2.45) is 5.73 Å². The van der Waals surface area contributed by atoms with Crippen molar-refractivity contribution >= 4 is 39.9 Å². The number of anilines is 2. The first kappa shape index (κ1) is 14.6. The van der Waals surface area contributed by atoms with Crippen molar-refractivity contribution in [2.75, 3.05) is 5.32 Å². The number of nitrogens with two attached hydrogens (primary N) is 1. The van der Waals surface area contributed by atoms with Gasteiger partial charge in [-0.3, -0.25) is 4.79 Å². The molecular formula is C13H8F3IN2O. The first-order chi connectivity index (χ1) is 9.38. The van der Waals surface area contributed by atoms with E-state index < -0.39 is 23.4 Å². The molecule has 1 amide bonds. The van der Waals surface area contributed by atoms with Crippen LogP contribution in [0.1, 0.15) is 10.4 Å². The number of halogens is 4. The van der Waals surface area contributed by atoms with Crippen LogP contribution in [0.3, 0.4) is 0 Å². The number of primary amides is 1. The lowest BCUT2D eigenvalue weighted by Crippen LogP contribution is -2.14. The summed E-state index contributed by atoms with van der Waals surface area (Å²) in [5.74, 6) is -3.90. The molecule has 2 aromatic carbocycles. The number of carbonyl (C=O) groups excluding carboxylic acids is 1. The lowest BCUT2D eigenvalue weighted by Gasteiger charge is -2.11. The number of carbonyl (C=O) groups is 1. The Kier molecular flexibility index (Phi) is 4.17. The van der Waals surface area contributed by atoms with Gasteiger partial charge in [0.05, 0.1) is 16.9 Å². The molecule has 0 saturated heterocycles. The van der Waals surface area contributed by atoms with Crippen molar-refractivity contribution in [3.63, 3.8) is 0 Å². The molecule has 0 aliphatic carbocycles. The summed E-state index contributed by atoms with van der Waals surface area (Å²) in [5, 5.41) is 2.53. The molecule has 0 aliphatic heterocycles. The van der Waals surface area contributed by atoms with Crippen LogP contribution in [0, 0.1) is 21.0 Å². The molecule has 0 saturated carbocycles. The fraction of sp³-hybridized carbons (Fsp3) is 0. The number of rotatable bonds is 3. The third-order valence-electron chi connectivity index (χ3n) is 2.53. The van der Waals surface area contributed by atoms with Crippen LogP contribution >= 0.6 is 22.6 Å². The molecule has 0 unspecified atom stereocenters. The zero-order chi connectivity index (χ0) is 14.9. The molecular weight excluding hydrogens is 384 g/mol. The highest BCUT2D eigenvalue weighted by Gasteiger charge is 2.15. The van der Waals surface area contributed by atoms with Gasteiger partial charge in [0, 0.05) is 9.64 Å². The molecule has 7 heteroatoms. The average Bonchev–Trinajstić information content (AvgIpc) is 2.36. The topological polar surface area (TPSA) is 55.1 Å². The third kappa shape index (κ3) is 3.03. The van der Waals surface area contributed by atoms with E-state index in [-0.39, 0.29) is 16.9 Å². The minimum Gasteiger partial charge on any atom is -0.366 e. The van der Waals surface area contributed by atoms with Crippen molar-refractivity contribution in [3.05, 3.63) is 56.9 Å². The summed E-state index contributed by atoms with van der Waals surface area (Å²) >= 11 is 1.93. The van der Waals surface area contributed by atoms with Crippen LogP contribution in [0.25, 0.3) is 0 Å². The van der Waals surface area contributed by atoms with E-state index in [4.69, 9.17) is 5.73 Å². The van der Waals surface area contributed by atoms with Crippen LogP contribution in [0.15, 0.2) is 30.3 Å². The molecule has 0 atom stereocenters. The average molecular weight is 392 g/mol.